The maximum absolute atomic E-state index is 3.51. The van der Waals surface area contributed by atoms with Gasteiger partial charge in [-0.15, -0.1) is 0 Å². The molecule has 0 spiro atoms. The molecule has 1 saturated carbocycles. The van der Waals surface area contributed by atoms with Gasteiger partial charge >= 0.3 is 0 Å². The smallest absolute Gasteiger partial charge is 0.0346 e. The Morgan fingerprint density at radius 1 is 1.00 bits per heavy atom. The Hall–Kier alpha value is -0.820. The van der Waals surface area contributed by atoms with Crippen LogP contribution in [0.25, 0.3) is 0 Å². The lowest BCUT2D eigenvalue weighted by molar-refractivity contribution is 0.390. The second-order valence-corrected chi connectivity index (χ2v) is 5.63. The molecule has 0 aromatic heterocycles. The van der Waals surface area contributed by atoms with Gasteiger partial charge in [-0.05, 0) is 42.9 Å². The van der Waals surface area contributed by atoms with E-state index >= 15 is 0 Å². The first-order valence-electron chi connectivity index (χ1n) is 6.99. The summed E-state index contributed by atoms with van der Waals surface area (Å²) >= 11 is 0. The Bertz CT molecular complexity index is 333. The summed E-state index contributed by atoms with van der Waals surface area (Å²) in [6.45, 7) is 4.50. The van der Waals surface area contributed by atoms with Crippen LogP contribution >= 0.6 is 0 Å². The Morgan fingerprint density at radius 3 is 2.00 bits per heavy atom. The minimum Gasteiger partial charge on any atom is -0.313 e. The van der Waals surface area contributed by atoms with Crippen molar-refractivity contribution in [3.63, 3.8) is 0 Å². The van der Waals surface area contributed by atoms with E-state index < -0.39 is 0 Å². The van der Waals surface area contributed by atoms with Crippen molar-refractivity contribution in [2.24, 2.45) is 5.92 Å². The topological polar surface area (TPSA) is 12.0 Å². The number of rotatable bonds is 4. The fourth-order valence-electron chi connectivity index (χ4n) is 3.05. The van der Waals surface area contributed by atoms with Crippen LogP contribution in [0.4, 0.5) is 0 Å². The molecule has 17 heavy (non-hydrogen) atoms. The number of benzene rings is 1. The van der Waals surface area contributed by atoms with Crippen LogP contribution in [0, 0.1) is 5.92 Å². The summed E-state index contributed by atoms with van der Waals surface area (Å²) in [6, 6.07) is 9.76. The zero-order valence-corrected chi connectivity index (χ0v) is 11.4. The summed E-state index contributed by atoms with van der Waals surface area (Å²) in [4.78, 5) is 0. The highest BCUT2D eigenvalue weighted by Gasteiger charge is 2.24. The first-order chi connectivity index (χ1) is 8.22. The molecule has 0 amide bonds. The van der Waals surface area contributed by atoms with Crippen molar-refractivity contribution in [3.05, 3.63) is 35.4 Å². The van der Waals surface area contributed by atoms with E-state index in [9.17, 15) is 0 Å². The van der Waals surface area contributed by atoms with E-state index in [-0.39, 0.29) is 0 Å². The first kappa shape index (κ1) is 12.6. The van der Waals surface area contributed by atoms with Gasteiger partial charge in [0.15, 0.2) is 0 Å². The normalized spacial score (nSPS) is 18.8. The Kier molecular flexibility index (Phi) is 4.22. The lowest BCUT2D eigenvalue weighted by Gasteiger charge is -2.23. The van der Waals surface area contributed by atoms with E-state index in [0.717, 1.165) is 5.92 Å². The highest BCUT2D eigenvalue weighted by Crippen LogP contribution is 2.35. The molecule has 1 unspecified atom stereocenters. The number of nitrogens with one attached hydrogen (secondary N) is 1. The highest BCUT2D eigenvalue weighted by molar-refractivity contribution is 5.27. The van der Waals surface area contributed by atoms with Crippen molar-refractivity contribution < 1.29 is 0 Å². The molecule has 0 aliphatic heterocycles. The van der Waals surface area contributed by atoms with Crippen LogP contribution in [0.5, 0.6) is 0 Å². The van der Waals surface area contributed by atoms with Crippen LogP contribution in [0.1, 0.15) is 62.6 Å². The van der Waals surface area contributed by atoms with E-state index in [2.05, 4.69) is 50.5 Å². The van der Waals surface area contributed by atoms with Crippen LogP contribution in [-0.2, 0) is 0 Å². The Labute approximate surface area is 106 Å². The van der Waals surface area contributed by atoms with Gasteiger partial charge in [-0.25, -0.2) is 0 Å². The molecule has 0 radical (unpaired) electrons. The van der Waals surface area contributed by atoms with Crippen LogP contribution in [0.3, 0.4) is 0 Å². The lowest BCUT2D eigenvalue weighted by Crippen LogP contribution is -2.23. The third-order valence-electron chi connectivity index (χ3n) is 4.14. The largest absolute Gasteiger partial charge is 0.313 e. The summed E-state index contributed by atoms with van der Waals surface area (Å²) in [6.07, 6.45) is 5.59. The van der Waals surface area contributed by atoms with E-state index in [1.807, 2.05) is 0 Å². The second-order valence-electron chi connectivity index (χ2n) is 5.63. The number of hydrogen-bond acceptors (Lipinski definition) is 1. The molecular formula is C16H25N. The summed E-state index contributed by atoms with van der Waals surface area (Å²) in [7, 11) is 2.10. The first-order valence-corrected chi connectivity index (χ1v) is 6.99. The van der Waals surface area contributed by atoms with Gasteiger partial charge in [0.2, 0.25) is 0 Å². The molecule has 1 heteroatoms. The van der Waals surface area contributed by atoms with Gasteiger partial charge in [0.05, 0.1) is 0 Å². The van der Waals surface area contributed by atoms with Crippen molar-refractivity contribution in [3.8, 4) is 0 Å². The molecule has 0 bridgehead atoms. The van der Waals surface area contributed by atoms with E-state index in [1.165, 1.54) is 36.8 Å². The SMILES string of the molecule is CNC(c1ccc(C(C)C)cc1)C1CCCC1. The fourth-order valence-corrected chi connectivity index (χ4v) is 3.05. The van der Waals surface area contributed by atoms with Gasteiger partial charge in [0, 0.05) is 6.04 Å². The molecule has 1 aliphatic carbocycles. The molecule has 1 N–H and O–H groups in total. The Morgan fingerprint density at radius 2 is 1.53 bits per heavy atom. The van der Waals surface area contributed by atoms with Crippen LogP contribution in [-0.4, -0.2) is 7.05 Å². The molecule has 2 rings (SSSR count). The second kappa shape index (κ2) is 5.68. The zero-order valence-electron chi connectivity index (χ0n) is 11.4. The molecular weight excluding hydrogens is 206 g/mol. The quantitative estimate of drug-likeness (QED) is 0.816. The maximum atomic E-state index is 3.51. The summed E-state index contributed by atoms with van der Waals surface area (Å²) in [5.74, 6) is 1.47. The summed E-state index contributed by atoms with van der Waals surface area (Å²) in [5.41, 5.74) is 2.90. The van der Waals surface area contributed by atoms with E-state index in [1.54, 1.807) is 0 Å². The standard InChI is InChI=1S/C16H25N/c1-12(2)13-8-10-15(11-9-13)16(17-3)14-6-4-5-7-14/h8-12,14,16-17H,4-7H2,1-3H3. The van der Waals surface area contributed by atoms with Crippen molar-refractivity contribution >= 4 is 0 Å². The predicted molar refractivity (Wildman–Crippen MR) is 74.3 cm³/mol. The molecule has 0 saturated heterocycles. The maximum Gasteiger partial charge on any atom is 0.0346 e. The number of hydrogen-bond donors (Lipinski definition) is 1. The monoisotopic (exact) mass is 231 g/mol. The van der Waals surface area contributed by atoms with E-state index in [4.69, 9.17) is 0 Å². The predicted octanol–water partition coefficient (Wildman–Crippen LogP) is 4.26. The van der Waals surface area contributed by atoms with Crippen molar-refractivity contribution in [2.75, 3.05) is 7.05 Å². The van der Waals surface area contributed by atoms with Gasteiger partial charge < -0.3 is 5.32 Å². The third-order valence-corrected chi connectivity index (χ3v) is 4.14. The lowest BCUT2D eigenvalue weighted by atomic mass is 9.90. The third kappa shape index (κ3) is 2.90. The molecule has 94 valence electrons. The van der Waals surface area contributed by atoms with Crippen molar-refractivity contribution in [1.82, 2.24) is 5.32 Å². The van der Waals surface area contributed by atoms with E-state index in [0.29, 0.717) is 12.0 Å². The van der Waals surface area contributed by atoms with Crippen LogP contribution in [0.2, 0.25) is 0 Å². The minimum atomic E-state index is 0.554. The van der Waals surface area contributed by atoms with Gasteiger partial charge in [-0.2, -0.15) is 0 Å². The molecule has 1 fully saturated rings. The van der Waals surface area contributed by atoms with Gasteiger partial charge in [0.25, 0.3) is 0 Å². The van der Waals surface area contributed by atoms with Crippen LogP contribution < -0.4 is 5.32 Å². The van der Waals surface area contributed by atoms with Gasteiger partial charge in [-0.1, -0.05) is 51.0 Å². The van der Waals surface area contributed by atoms with Crippen molar-refractivity contribution in [1.29, 1.82) is 0 Å². The average molecular weight is 231 g/mol. The van der Waals surface area contributed by atoms with Crippen LogP contribution in [0.15, 0.2) is 24.3 Å². The highest BCUT2D eigenvalue weighted by atomic mass is 14.9. The van der Waals surface area contributed by atoms with Gasteiger partial charge in [0.1, 0.15) is 0 Å². The molecule has 1 aliphatic rings. The molecule has 1 nitrogen and oxygen atoms in total. The van der Waals surface area contributed by atoms with Crippen molar-refractivity contribution in [2.45, 2.75) is 51.5 Å². The summed E-state index contributed by atoms with van der Waals surface area (Å²) < 4.78 is 0. The Balaban J connectivity index is 2.13. The molecule has 1 atom stereocenters. The molecule has 0 heterocycles. The minimum absolute atomic E-state index is 0.554. The fraction of sp³-hybridized carbons (Fsp3) is 0.625. The zero-order chi connectivity index (χ0) is 12.3. The summed E-state index contributed by atoms with van der Waals surface area (Å²) in [5, 5.41) is 3.51. The molecule has 1 aromatic rings. The average Bonchev–Trinajstić information content (AvgIpc) is 2.84. The van der Waals surface area contributed by atoms with Gasteiger partial charge in [-0.3, -0.25) is 0 Å². The molecule has 1 aromatic carbocycles.